The highest BCUT2D eigenvalue weighted by molar-refractivity contribution is 6.32. The molecule has 0 aromatic carbocycles. The van der Waals surface area contributed by atoms with Gasteiger partial charge < -0.3 is 9.73 Å². The van der Waals surface area contributed by atoms with E-state index in [-0.39, 0.29) is 16.5 Å². The van der Waals surface area contributed by atoms with Crippen LogP contribution in [0.1, 0.15) is 24.5 Å². The van der Waals surface area contributed by atoms with E-state index in [1.807, 2.05) is 26.0 Å². The average Bonchev–Trinajstić information content (AvgIpc) is 2.70. The fourth-order valence-corrected chi connectivity index (χ4v) is 1.60. The van der Waals surface area contributed by atoms with E-state index < -0.39 is 0 Å². The molecule has 0 radical (unpaired) electrons. The highest BCUT2D eigenvalue weighted by Gasteiger charge is 2.13. The quantitative estimate of drug-likeness (QED) is 0.929. The van der Waals surface area contributed by atoms with Gasteiger partial charge in [0.2, 0.25) is 5.28 Å². The van der Waals surface area contributed by atoms with Crippen LogP contribution in [0, 0.1) is 6.92 Å². The van der Waals surface area contributed by atoms with Crippen molar-refractivity contribution in [3.63, 3.8) is 0 Å². The lowest BCUT2D eigenvalue weighted by Crippen LogP contribution is -2.09. The number of anilines is 1. The number of rotatable bonds is 3. The molecule has 0 aliphatic rings. The summed E-state index contributed by atoms with van der Waals surface area (Å²) in [7, 11) is 0. The van der Waals surface area contributed by atoms with Crippen molar-refractivity contribution in [1.82, 2.24) is 15.2 Å². The topological polar surface area (TPSA) is 63.8 Å². The number of nitrogens with zero attached hydrogens (tertiary/aromatic N) is 3. The van der Waals surface area contributed by atoms with Crippen molar-refractivity contribution in [2.75, 3.05) is 5.32 Å². The van der Waals surface area contributed by atoms with E-state index in [2.05, 4.69) is 20.5 Å². The fourth-order valence-electron chi connectivity index (χ4n) is 1.35. The predicted octanol–water partition coefficient (Wildman–Crippen LogP) is 3.25. The van der Waals surface area contributed by atoms with Gasteiger partial charge >= 0.3 is 0 Å². The molecule has 90 valence electrons. The molecule has 0 saturated heterocycles. The fraction of sp³-hybridized carbons (Fsp3) is 0.300. The lowest BCUT2D eigenvalue weighted by atomic mass is 10.2. The van der Waals surface area contributed by atoms with E-state index in [4.69, 9.17) is 27.6 Å². The molecule has 2 aromatic rings. The van der Waals surface area contributed by atoms with Gasteiger partial charge in [0.25, 0.3) is 0 Å². The van der Waals surface area contributed by atoms with E-state index in [0.29, 0.717) is 5.82 Å². The van der Waals surface area contributed by atoms with Crippen LogP contribution in [0.5, 0.6) is 0 Å². The lowest BCUT2D eigenvalue weighted by Gasteiger charge is -2.12. The first-order chi connectivity index (χ1) is 8.06. The Balaban J connectivity index is 2.18. The van der Waals surface area contributed by atoms with Crippen LogP contribution in [-0.2, 0) is 0 Å². The van der Waals surface area contributed by atoms with Gasteiger partial charge in [-0.15, -0.1) is 10.2 Å². The number of furan rings is 1. The summed E-state index contributed by atoms with van der Waals surface area (Å²) in [5.41, 5.74) is 0. The molecule has 1 N–H and O–H groups in total. The maximum Gasteiger partial charge on any atom is 0.245 e. The lowest BCUT2D eigenvalue weighted by molar-refractivity contribution is 0.466. The maximum atomic E-state index is 5.85. The first-order valence-electron chi connectivity index (χ1n) is 4.95. The molecule has 2 heterocycles. The largest absolute Gasteiger partial charge is 0.464 e. The van der Waals surface area contributed by atoms with E-state index in [1.165, 1.54) is 0 Å². The van der Waals surface area contributed by atoms with Crippen molar-refractivity contribution in [2.24, 2.45) is 0 Å². The van der Waals surface area contributed by atoms with Gasteiger partial charge in [0.05, 0.1) is 6.04 Å². The second kappa shape index (κ2) is 4.89. The van der Waals surface area contributed by atoms with Crippen LogP contribution in [0.2, 0.25) is 10.4 Å². The summed E-state index contributed by atoms with van der Waals surface area (Å²) in [6, 6.07) is 3.69. The zero-order valence-electron chi connectivity index (χ0n) is 9.24. The zero-order valence-corrected chi connectivity index (χ0v) is 10.7. The molecule has 2 rings (SSSR count). The monoisotopic (exact) mass is 272 g/mol. The summed E-state index contributed by atoms with van der Waals surface area (Å²) in [6.45, 7) is 3.80. The smallest absolute Gasteiger partial charge is 0.245 e. The number of aromatic nitrogens is 3. The SMILES string of the molecule is Cc1ccc(C(C)Nc2nc(Cl)nnc2Cl)o1. The van der Waals surface area contributed by atoms with Gasteiger partial charge in [0, 0.05) is 0 Å². The van der Waals surface area contributed by atoms with Crippen molar-refractivity contribution in [3.05, 3.63) is 34.1 Å². The molecule has 0 saturated carbocycles. The minimum absolute atomic E-state index is 0.0414. The van der Waals surface area contributed by atoms with Gasteiger partial charge in [-0.2, -0.15) is 4.98 Å². The van der Waals surface area contributed by atoms with Gasteiger partial charge in [-0.25, -0.2) is 0 Å². The number of hydrogen-bond acceptors (Lipinski definition) is 5. The number of halogens is 2. The molecule has 1 unspecified atom stereocenters. The summed E-state index contributed by atoms with van der Waals surface area (Å²) in [6.07, 6.45) is 0. The van der Waals surface area contributed by atoms with Gasteiger partial charge in [0.1, 0.15) is 11.5 Å². The molecule has 2 aromatic heterocycles. The third kappa shape index (κ3) is 2.87. The van der Waals surface area contributed by atoms with Crippen LogP contribution in [0.3, 0.4) is 0 Å². The highest BCUT2D eigenvalue weighted by Crippen LogP contribution is 2.24. The molecule has 1 atom stereocenters. The zero-order chi connectivity index (χ0) is 12.4. The Bertz CT molecular complexity index is 529. The maximum absolute atomic E-state index is 5.85. The van der Waals surface area contributed by atoms with Crippen LogP contribution >= 0.6 is 23.2 Å². The number of nitrogens with one attached hydrogen (secondary N) is 1. The molecular weight excluding hydrogens is 263 g/mol. The second-order valence-corrected chi connectivity index (χ2v) is 4.23. The molecule has 0 amide bonds. The van der Waals surface area contributed by atoms with E-state index in [9.17, 15) is 0 Å². The molecule has 0 fully saturated rings. The van der Waals surface area contributed by atoms with E-state index in [0.717, 1.165) is 11.5 Å². The molecule has 0 spiro atoms. The Morgan fingerprint density at radius 2 is 2.06 bits per heavy atom. The Morgan fingerprint density at radius 3 is 2.71 bits per heavy atom. The van der Waals surface area contributed by atoms with Gasteiger partial charge in [-0.1, -0.05) is 11.6 Å². The Morgan fingerprint density at radius 1 is 1.29 bits per heavy atom. The van der Waals surface area contributed by atoms with E-state index in [1.54, 1.807) is 0 Å². The standard InChI is InChI=1S/C10H10Cl2N4O/c1-5-3-4-7(17-5)6(2)13-9-8(11)15-16-10(12)14-9/h3-4,6H,1-2H3,(H,13,14,16). The average molecular weight is 273 g/mol. The molecule has 0 bridgehead atoms. The third-order valence-electron chi connectivity index (χ3n) is 2.16. The number of hydrogen-bond donors (Lipinski definition) is 1. The van der Waals surface area contributed by atoms with Crippen molar-refractivity contribution < 1.29 is 4.42 Å². The summed E-state index contributed by atoms with van der Waals surface area (Å²) in [5, 5.41) is 10.5. The molecule has 5 nitrogen and oxygen atoms in total. The first-order valence-corrected chi connectivity index (χ1v) is 5.70. The van der Waals surface area contributed by atoms with Crippen LogP contribution < -0.4 is 5.32 Å². The Labute approximate surface area is 108 Å². The summed E-state index contributed by atoms with van der Waals surface area (Å²) < 4.78 is 5.49. The van der Waals surface area contributed by atoms with Gasteiger partial charge in [0.15, 0.2) is 11.0 Å². The van der Waals surface area contributed by atoms with Gasteiger partial charge in [-0.05, 0) is 37.6 Å². The van der Waals surface area contributed by atoms with Crippen molar-refractivity contribution in [2.45, 2.75) is 19.9 Å². The van der Waals surface area contributed by atoms with Crippen LogP contribution in [-0.4, -0.2) is 15.2 Å². The third-order valence-corrected chi connectivity index (χ3v) is 2.58. The highest BCUT2D eigenvalue weighted by atomic mass is 35.5. The minimum atomic E-state index is -0.0889. The summed E-state index contributed by atoms with van der Waals surface area (Å²) >= 11 is 11.5. The first kappa shape index (κ1) is 12.1. The van der Waals surface area contributed by atoms with Crippen molar-refractivity contribution in [3.8, 4) is 0 Å². The van der Waals surface area contributed by atoms with Crippen LogP contribution in [0.4, 0.5) is 5.82 Å². The van der Waals surface area contributed by atoms with Crippen LogP contribution in [0.25, 0.3) is 0 Å². The molecule has 17 heavy (non-hydrogen) atoms. The molecular formula is C10H10Cl2N4O. The summed E-state index contributed by atoms with van der Waals surface area (Å²) in [4.78, 5) is 3.95. The Kier molecular flexibility index (Phi) is 3.49. The van der Waals surface area contributed by atoms with Gasteiger partial charge in [-0.3, -0.25) is 0 Å². The molecule has 7 heteroatoms. The van der Waals surface area contributed by atoms with E-state index >= 15 is 0 Å². The molecule has 0 aliphatic heterocycles. The Hall–Kier alpha value is -1.33. The van der Waals surface area contributed by atoms with Crippen LogP contribution in [0.15, 0.2) is 16.5 Å². The normalized spacial score (nSPS) is 12.5. The summed E-state index contributed by atoms with van der Waals surface area (Å²) in [5.74, 6) is 2.01. The van der Waals surface area contributed by atoms with Crippen molar-refractivity contribution in [1.29, 1.82) is 0 Å². The van der Waals surface area contributed by atoms with Crippen molar-refractivity contribution >= 4 is 29.0 Å². The predicted molar refractivity (Wildman–Crippen MR) is 65.3 cm³/mol. The second-order valence-electron chi connectivity index (χ2n) is 3.53. The number of aryl methyl sites for hydroxylation is 1. The molecule has 0 aliphatic carbocycles. The minimum Gasteiger partial charge on any atom is -0.464 e.